The van der Waals surface area contributed by atoms with Crippen molar-refractivity contribution in [3.8, 4) is 0 Å². The summed E-state index contributed by atoms with van der Waals surface area (Å²) in [6.45, 7) is 4.62. The summed E-state index contributed by atoms with van der Waals surface area (Å²) in [5, 5.41) is 0. The van der Waals surface area contributed by atoms with E-state index in [0.29, 0.717) is 5.92 Å². The van der Waals surface area contributed by atoms with Crippen LogP contribution in [-0.2, 0) is 0 Å². The Morgan fingerprint density at radius 2 is 1.50 bits per heavy atom. The molecule has 0 aromatic heterocycles. The molecule has 0 radical (unpaired) electrons. The van der Waals surface area contributed by atoms with Gasteiger partial charge in [-0.05, 0) is 62.4 Å². The lowest BCUT2D eigenvalue weighted by Gasteiger charge is -2.48. The average molecular weight is 387 g/mol. The van der Waals surface area contributed by atoms with Crippen molar-refractivity contribution in [2.45, 2.75) is 123 Å². The van der Waals surface area contributed by atoms with Crippen LogP contribution in [0.4, 0.5) is 0 Å². The predicted molar refractivity (Wildman–Crippen MR) is 122 cm³/mol. The number of rotatable bonds is 8. The van der Waals surface area contributed by atoms with Crippen LogP contribution < -0.4 is 11.5 Å². The van der Waals surface area contributed by atoms with E-state index in [2.05, 4.69) is 19.9 Å². The summed E-state index contributed by atoms with van der Waals surface area (Å²) in [7, 11) is 0. The third kappa shape index (κ3) is 4.53. The highest BCUT2D eigenvalue weighted by Crippen LogP contribution is 2.53. The normalized spacial score (nSPS) is 30.5. The Balaban J connectivity index is 2.04. The lowest BCUT2D eigenvalue weighted by Crippen LogP contribution is -2.45. The zero-order valence-corrected chi connectivity index (χ0v) is 18.8. The molecule has 0 amide bonds. The van der Waals surface area contributed by atoms with Crippen LogP contribution >= 0.6 is 0 Å². The second kappa shape index (κ2) is 10.3. The van der Waals surface area contributed by atoms with Crippen molar-refractivity contribution in [1.29, 1.82) is 0 Å². The van der Waals surface area contributed by atoms with Gasteiger partial charge in [0.25, 0.3) is 0 Å². The molecule has 3 aliphatic rings. The summed E-state index contributed by atoms with van der Waals surface area (Å²) in [6.07, 6.45) is 23.7. The van der Waals surface area contributed by atoms with Crippen molar-refractivity contribution in [2.75, 3.05) is 0 Å². The third-order valence-corrected chi connectivity index (χ3v) is 8.13. The van der Waals surface area contributed by atoms with Gasteiger partial charge >= 0.3 is 0 Å². The van der Waals surface area contributed by atoms with Crippen molar-refractivity contribution in [3.63, 3.8) is 0 Å². The molecule has 0 bridgehead atoms. The van der Waals surface area contributed by atoms with Gasteiger partial charge in [0, 0.05) is 17.2 Å². The van der Waals surface area contributed by atoms with E-state index in [1.807, 2.05) is 0 Å². The summed E-state index contributed by atoms with van der Waals surface area (Å²) >= 11 is 0. The fourth-order valence-corrected chi connectivity index (χ4v) is 6.47. The van der Waals surface area contributed by atoms with E-state index in [-0.39, 0.29) is 11.5 Å². The standard InChI is InChI=1S/C26H46N2/c1-3-5-13-21-19-26(18-6-4-2,22-16-11-8-12-17-22)25(28)23(24(21)27)20-14-9-7-10-15-20/h19-20,22,24H,3-18,27-28H2,1-2H3. The molecular weight excluding hydrogens is 340 g/mol. The van der Waals surface area contributed by atoms with Gasteiger partial charge in [-0.2, -0.15) is 0 Å². The zero-order chi connectivity index (χ0) is 20.0. The molecule has 2 fully saturated rings. The number of unbranched alkanes of at least 4 members (excludes halogenated alkanes) is 2. The van der Waals surface area contributed by atoms with Crippen molar-refractivity contribution in [3.05, 3.63) is 22.9 Å². The van der Waals surface area contributed by atoms with E-state index in [9.17, 15) is 0 Å². The molecule has 0 heterocycles. The Kier molecular flexibility index (Phi) is 8.09. The lowest BCUT2D eigenvalue weighted by atomic mass is 9.58. The first-order valence-corrected chi connectivity index (χ1v) is 12.6. The number of nitrogens with two attached hydrogens (primary N) is 2. The summed E-state index contributed by atoms with van der Waals surface area (Å²) in [4.78, 5) is 0. The minimum Gasteiger partial charge on any atom is -0.401 e. The zero-order valence-electron chi connectivity index (χ0n) is 18.8. The quantitative estimate of drug-likeness (QED) is 0.441. The van der Waals surface area contributed by atoms with E-state index in [1.54, 1.807) is 0 Å². The van der Waals surface area contributed by atoms with Gasteiger partial charge in [-0.25, -0.2) is 0 Å². The van der Waals surface area contributed by atoms with E-state index < -0.39 is 0 Å². The largest absolute Gasteiger partial charge is 0.401 e. The topological polar surface area (TPSA) is 52.0 Å². The second-order valence-electron chi connectivity index (χ2n) is 9.98. The smallest absolute Gasteiger partial charge is 0.0493 e. The molecule has 0 aromatic rings. The van der Waals surface area contributed by atoms with Crippen molar-refractivity contribution in [2.24, 2.45) is 28.7 Å². The Labute approximate surface area is 174 Å². The molecule has 2 heteroatoms. The predicted octanol–water partition coefficient (Wildman–Crippen LogP) is 6.99. The van der Waals surface area contributed by atoms with Crippen LogP contribution in [0.1, 0.15) is 117 Å². The fraction of sp³-hybridized carbons (Fsp3) is 0.846. The number of hydrogen-bond acceptors (Lipinski definition) is 2. The molecule has 0 saturated heterocycles. The van der Waals surface area contributed by atoms with Crippen LogP contribution in [0.15, 0.2) is 22.9 Å². The highest BCUT2D eigenvalue weighted by atomic mass is 14.8. The first kappa shape index (κ1) is 21.9. The Hall–Kier alpha value is -0.760. The molecule has 0 aliphatic heterocycles. The van der Waals surface area contributed by atoms with Gasteiger partial charge in [0.05, 0.1) is 0 Å². The van der Waals surface area contributed by atoms with Gasteiger partial charge in [-0.15, -0.1) is 0 Å². The molecule has 3 rings (SSSR count). The molecule has 2 unspecified atom stereocenters. The van der Waals surface area contributed by atoms with Crippen molar-refractivity contribution < 1.29 is 0 Å². The molecule has 4 N–H and O–H groups in total. The minimum absolute atomic E-state index is 0.0907. The van der Waals surface area contributed by atoms with Gasteiger partial charge in [0.2, 0.25) is 0 Å². The molecule has 3 aliphatic carbocycles. The molecule has 160 valence electrons. The van der Waals surface area contributed by atoms with Crippen LogP contribution in [0.25, 0.3) is 0 Å². The fourth-order valence-electron chi connectivity index (χ4n) is 6.47. The molecule has 2 nitrogen and oxygen atoms in total. The first-order chi connectivity index (χ1) is 13.6. The van der Waals surface area contributed by atoms with Crippen LogP contribution in [0.2, 0.25) is 0 Å². The van der Waals surface area contributed by atoms with Gasteiger partial charge in [0.15, 0.2) is 0 Å². The summed E-state index contributed by atoms with van der Waals surface area (Å²) < 4.78 is 0. The number of hydrogen-bond donors (Lipinski definition) is 2. The maximum absolute atomic E-state index is 7.20. The molecule has 28 heavy (non-hydrogen) atoms. The van der Waals surface area contributed by atoms with Crippen LogP contribution in [0.5, 0.6) is 0 Å². The van der Waals surface area contributed by atoms with Crippen molar-refractivity contribution >= 4 is 0 Å². The molecule has 0 aromatic carbocycles. The lowest BCUT2D eigenvalue weighted by molar-refractivity contribution is 0.179. The Morgan fingerprint density at radius 3 is 2.11 bits per heavy atom. The first-order valence-electron chi connectivity index (χ1n) is 12.6. The minimum atomic E-state index is 0.0907. The Morgan fingerprint density at radius 1 is 0.893 bits per heavy atom. The Bertz CT molecular complexity index is 549. The van der Waals surface area contributed by atoms with Crippen LogP contribution in [-0.4, -0.2) is 6.04 Å². The summed E-state index contributed by atoms with van der Waals surface area (Å²) in [5.41, 5.74) is 18.5. The average Bonchev–Trinajstić information content (AvgIpc) is 2.74. The summed E-state index contributed by atoms with van der Waals surface area (Å²) in [6, 6.07) is 0.0907. The van der Waals surface area contributed by atoms with E-state index in [0.717, 1.165) is 5.92 Å². The van der Waals surface area contributed by atoms with Gasteiger partial charge < -0.3 is 11.5 Å². The molecule has 0 spiro atoms. The van der Waals surface area contributed by atoms with E-state index in [4.69, 9.17) is 11.5 Å². The molecule has 2 saturated carbocycles. The molecule has 2 atom stereocenters. The van der Waals surface area contributed by atoms with Crippen LogP contribution in [0, 0.1) is 17.3 Å². The van der Waals surface area contributed by atoms with Crippen molar-refractivity contribution in [1.82, 2.24) is 0 Å². The maximum atomic E-state index is 7.20. The maximum Gasteiger partial charge on any atom is 0.0493 e. The monoisotopic (exact) mass is 386 g/mol. The summed E-state index contributed by atoms with van der Waals surface area (Å²) in [5.74, 6) is 1.37. The van der Waals surface area contributed by atoms with E-state index in [1.165, 1.54) is 120 Å². The SMILES string of the molecule is CCCCC1=CC(CCCC)(C2CCCCC2)C(N)=C(C2CCCCC2)C1N. The van der Waals surface area contributed by atoms with E-state index >= 15 is 0 Å². The number of allylic oxidation sites excluding steroid dienone is 1. The van der Waals surface area contributed by atoms with Crippen LogP contribution in [0.3, 0.4) is 0 Å². The van der Waals surface area contributed by atoms with Gasteiger partial charge in [-0.3, -0.25) is 0 Å². The highest BCUT2D eigenvalue weighted by Gasteiger charge is 2.45. The third-order valence-electron chi connectivity index (χ3n) is 8.13. The van der Waals surface area contributed by atoms with Gasteiger partial charge in [-0.1, -0.05) is 83.3 Å². The molecular formula is C26H46N2. The van der Waals surface area contributed by atoms with Gasteiger partial charge in [0.1, 0.15) is 0 Å². The highest BCUT2D eigenvalue weighted by molar-refractivity contribution is 5.43. The second-order valence-corrected chi connectivity index (χ2v) is 9.98.